The third kappa shape index (κ3) is 3.56. The molecular weight excluding hydrogens is 312 g/mol. The molecule has 2 aliphatic carbocycles. The van der Waals surface area contributed by atoms with E-state index in [9.17, 15) is 0 Å². The van der Waals surface area contributed by atoms with Gasteiger partial charge in [-0.05, 0) is 36.7 Å². The van der Waals surface area contributed by atoms with Crippen LogP contribution in [0.2, 0.25) is 0 Å². The van der Waals surface area contributed by atoms with Gasteiger partial charge in [0.05, 0.1) is 14.2 Å². The summed E-state index contributed by atoms with van der Waals surface area (Å²) in [5, 5.41) is 0. The zero-order chi connectivity index (χ0) is 17.2. The molecule has 2 fully saturated rings. The number of hydrogen-bond donors (Lipinski definition) is 0. The zero-order valence-electron chi connectivity index (χ0n) is 15.5. The lowest BCUT2D eigenvalue weighted by Gasteiger charge is -2.37. The van der Waals surface area contributed by atoms with Crippen LogP contribution in [0.25, 0.3) is 0 Å². The summed E-state index contributed by atoms with van der Waals surface area (Å²) >= 11 is 0. The van der Waals surface area contributed by atoms with Crippen LogP contribution in [0.4, 0.5) is 0 Å². The van der Waals surface area contributed by atoms with E-state index in [1.165, 1.54) is 38.0 Å². The molecule has 1 heterocycles. The molecule has 1 saturated carbocycles. The fraction of sp³-hybridized carbons (Fsp3) is 0.619. The topological polar surface area (TPSA) is 24.9 Å². The average molecular weight is 342 g/mol. The molecule has 4 rings (SSSR count). The molecule has 4 heteroatoms. The summed E-state index contributed by atoms with van der Waals surface area (Å²) in [6.07, 6.45) is 7.76. The minimum absolute atomic E-state index is 0.822. The molecule has 0 aromatic heterocycles. The first-order valence-corrected chi connectivity index (χ1v) is 9.59. The summed E-state index contributed by atoms with van der Waals surface area (Å²) in [6, 6.07) is 6.16. The van der Waals surface area contributed by atoms with E-state index in [0.717, 1.165) is 48.9 Å². The van der Waals surface area contributed by atoms with Gasteiger partial charge in [0.1, 0.15) is 0 Å². The van der Waals surface area contributed by atoms with Crippen LogP contribution in [0.5, 0.6) is 11.5 Å². The highest BCUT2D eigenvalue weighted by molar-refractivity contribution is 5.46. The van der Waals surface area contributed by atoms with Crippen LogP contribution in [0.3, 0.4) is 0 Å². The summed E-state index contributed by atoms with van der Waals surface area (Å²) < 4.78 is 11.0. The molecule has 0 spiro atoms. The molecule has 136 valence electrons. The van der Waals surface area contributed by atoms with Crippen molar-refractivity contribution >= 4 is 0 Å². The molecule has 0 radical (unpaired) electrons. The smallest absolute Gasteiger partial charge is 0.165 e. The molecule has 3 atom stereocenters. The van der Waals surface area contributed by atoms with E-state index >= 15 is 0 Å². The highest BCUT2D eigenvalue weighted by Crippen LogP contribution is 2.43. The minimum atomic E-state index is 0.822. The van der Waals surface area contributed by atoms with E-state index in [1.807, 2.05) is 6.07 Å². The molecular formula is C21H30N2O2. The van der Waals surface area contributed by atoms with Gasteiger partial charge in [-0.1, -0.05) is 24.3 Å². The molecule has 25 heavy (non-hydrogen) atoms. The predicted octanol–water partition coefficient (Wildman–Crippen LogP) is 3.03. The largest absolute Gasteiger partial charge is 0.493 e. The molecule has 3 aliphatic rings. The number of methoxy groups -OCH3 is 2. The molecule has 1 aromatic rings. The standard InChI is InChI=1S/C21H30N2O2/c1-24-20-5-3-4-18(21(20)25-2)14-22-8-10-23(11-9-22)15-19-13-16-6-7-17(19)12-16/h3-7,16-17,19H,8-15H2,1-2H3/t16-,17-,19+/m0/s1. The van der Waals surface area contributed by atoms with E-state index in [-0.39, 0.29) is 0 Å². The fourth-order valence-electron chi connectivity index (χ4n) is 4.89. The van der Waals surface area contributed by atoms with Gasteiger partial charge in [0, 0.05) is 44.8 Å². The predicted molar refractivity (Wildman–Crippen MR) is 100 cm³/mol. The average Bonchev–Trinajstić information content (AvgIpc) is 3.26. The van der Waals surface area contributed by atoms with Crippen molar-refractivity contribution in [1.82, 2.24) is 9.80 Å². The van der Waals surface area contributed by atoms with Crippen molar-refractivity contribution in [2.24, 2.45) is 17.8 Å². The van der Waals surface area contributed by atoms with Crippen molar-refractivity contribution in [3.8, 4) is 11.5 Å². The first-order chi connectivity index (χ1) is 12.3. The number of ether oxygens (including phenoxy) is 2. The fourth-order valence-corrected chi connectivity index (χ4v) is 4.89. The number of nitrogens with zero attached hydrogens (tertiary/aromatic N) is 2. The molecule has 1 saturated heterocycles. The second kappa shape index (κ2) is 7.38. The zero-order valence-corrected chi connectivity index (χ0v) is 15.5. The second-order valence-electron chi connectivity index (χ2n) is 7.77. The van der Waals surface area contributed by atoms with Gasteiger partial charge in [-0.15, -0.1) is 0 Å². The number of rotatable bonds is 6. The maximum atomic E-state index is 5.58. The Morgan fingerprint density at radius 2 is 1.76 bits per heavy atom. The Kier molecular flexibility index (Phi) is 5.00. The number of benzene rings is 1. The monoisotopic (exact) mass is 342 g/mol. The van der Waals surface area contributed by atoms with Crippen LogP contribution < -0.4 is 9.47 Å². The molecule has 2 bridgehead atoms. The Balaban J connectivity index is 1.30. The Morgan fingerprint density at radius 1 is 0.960 bits per heavy atom. The molecule has 1 aromatic carbocycles. The van der Waals surface area contributed by atoms with E-state index in [0.29, 0.717) is 0 Å². The van der Waals surface area contributed by atoms with Crippen LogP contribution in [0, 0.1) is 17.8 Å². The summed E-state index contributed by atoms with van der Waals surface area (Å²) in [4.78, 5) is 5.22. The lowest BCUT2D eigenvalue weighted by Crippen LogP contribution is -2.47. The highest BCUT2D eigenvalue weighted by Gasteiger charge is 2.36. The van der Waals surface area contributed by atoms with Gasteiger partial charge in [-0.2, -0.15) is 0 Å². The Hall–Kier alpha value is -1.52. The van der Waals surface area contributed by atoms with Gasteiger partial charge >= 0.3 is 0 Å². The summed E-state index contributed by atoms with van der Waals surface area (Å²) in [6.45, 7) is 6.87. The second-order valence-corrected chi connectivity index (χ2v) is 7.77. The number of piperazine rings is 1. The molecule has 0 unspecified atom stereocenters. The minimum Gasteiger partial charge on any atom is -0.493 e. The van der Waals surface area contributed by atoms with E-state index < -0.39 is 0 Å². The van der Waals surface area contributed by atoms with Crippen molar-refractivity contribution in [3.05, 3.63) is 35.9 Å². The van der Waals surface area contributed by atoms with Gasteiger partial charge in [0.25, 0.3) is 0 Å². The third-order valence-corrected chi connectivity index (χ3v) is 6.25. The lowest BCUT2D eigenvalue weighted by atomic mass is 9.93. The van der Waals surface area contributed by atoms with Crippen LogP contribution >= 0.6 is 0 Å². The van der Waals surface area contributed by atoms with E-state index in [4.69, 9.17) is 9.47 Å². The Bertz CT molecular complexity index is 622. The number of para-hydroxylation sites is 1. The molecule has 4 nitrogen and oxygen atoms in total. The maximum absolute atomic E-state index is 5.58. The summed E-state index contributed by atoms with van der Waals surface area (Å²) in [7, 11) is 3.42. The van der Waals surface area contributed by atoms with E-state index in [2.05, 4.69) is 34.1 Å². The van der Waals surface area contributed by atoms with Gasteiger partial charge < -0.3 is 14.4 Å². The van der Waals surface area contributed by atoms with Crippen molar-refractivity contribution in [3.63, 3.8) is 0 Å². The molecule has 1 aliphatic heterocycles. The van der Waals surface area contributed by atoms with Crippen LogP contribution in [0.15, 0.2) is 30.4 Å². The Labute approximate surface area is 151 Å². The lowest BCUT2D eigenvalue weighted by molar-refractivity contribution is 0.108. The Morgan fingerprint density at radius 3 is 2.40 bits per heavy atom. The molecule has 0 N–H and O–H groups in total. The van der Waals surface area contributed by atoms with Crippen LogP contribution in [0.1, 0.15) is 18.4 Å². The van der Waals surface area contributed by atoms with Gasteiger partial charge in [0.2, 0.25) is 0 Å². The quantitative estimate of drug-likeness (QED) is 0.742. The first kappa shape index (κ1) is 16.9. The number of hydrogen-bond acceptors (Lipinski definition) is 4. The SMILES string of the molecule is COc1cccc(CN2CCN(C[C@H]3C[C@H]4C=C[C@H]3C4)CC2)c1OC. The van der Waals surface area contributed by atoms with E-state index in [1.54, 1.807) is 14.2 Å². The van der Waals surface area contributed by atoms with Crippen LogP contribution in [-0.4, -0.2) is 56.7 Å². The molecule has 0 amide bonds. The van der Waals surface area contributed by atoms with Crippen molar-refractivity contribution in [1.29, 1.82) is 0 Å². The van der Waals surface area contributed by atoms with Crippen molar-refractivity contribution in [2.75, 3.05) is 46.9 Å². The van der Waals surface area contributed by atoms with Gasteiger partial charge in [-0.3, -0.25) is 4.90 Å². The van der Waals surface area contributed by atoms with Crippen LogP contribution in [-0.2, 0) is 6.54 Å². The maximum Gasteiger partial charge on any atom is 0.165 e. The summed E-state index contributed by atoms with van der Waals surface area (Å²) in [5.74, 6) is 4.35. The van der Waals surface area contributed by atoms with Gasteiger partial charge in [-0.25, -0.2) is 0 Å². The van der Waals surface area contributed by atoms with Gasteiger partial charge in [0.15, 0.2) is 11.5 Å². The summed E-state index contributed by atoms with van der Waals surface area (Å²) in [5.41, 5.74) is 1.22. The normalized spacial score (nSPS) is 29.3. The van der Waals surface area contributed by atoms with Crippen molar-refractivity contribution < 1.29 is 9.47 Å². The third-order valence-electron chi connectivity index (χ3n) is 6.25. The van der Waals surface area contributed by atoms with Crippen molar-refractivity contribution in [2.45, 2.75) is 19.4 Å². The number of fused-ring (bicyclic) bond motifs is 2. The number of allylic oxidation sites excluding steroid dienone is 2. The first-order valence-electron chi connectivity index (χ1n) is 9.59. The highest BCUT2D eigenvalue weighted by atomic mass is 16.5.